The molecule has 1 aliphatic rings. The molecule has 0 fully saturated rings. The topological polar surface area (TPSA) is 95.9 Å². The molecule has 0 aromatic heterocycles. The maximum atomic E-state index is 11.9. The van der Waals surface area contributed by atoms with E-state index in [-0.39, 0.29) is 31.1 Å². The number of carbonyl (C=O) groups is 3. The van der Waals surface area contributed by atoms with Crippen LogP contribution in [0.3, 0.4) is 0 Å². The normalized spacial score (nSPS) is 17.0. The zero-order valence-corrected chi connectivity index (χ0v) is 15.5. The maximum Gasteiger partial charge on any atom is 0.306 e. The number of aldehydes is 1. The quantitative estimate of drug-likeness (QED) is 0.474. The van der Waals surface area contributed by atoms with Crippen LogP contribution in [-0.2, 0) is 19.1 Å². The molecule has 1 aliphatic heterocycles. The first-order chi connectivity index (χ1) is 11.9. The monoisotopic (exact) mass is 412 g/mol. The van der Waals surface area contributed by atoms with Crippen LogP contribution >= 0.6 is 15.9 Å². The van der Waals surface area contributed by atoms with E-state index in [0.29, 0.717) is 19.4 Å². The molecule has 2 atom stereocenters. The van der Waals surface area contributed by atoms with Gasteiger partial charge in [0.2, 0.25) is 0 Å². The number of esters is 1. The van der Waals surface area contributed by atoms with Crippen LogP contribution in [0.25, 0.3) is 0 Å². The third-order valence-electron chi connectivity index (χ3n) is 4.00. The summed E-state index contributed by atoms with van der Waals surface area (Å²) in [5.74, 6) is -1.27. The second-order valence-electron chi connectivity index (χ2n) is 5.82. The fourth-order valence-corrected chi connectivity index (χ4v) is 3.25. The Morgan fingerprint density at radius 3 is 2.92 bits per heavy atom. The van der Waals surface area contributed by atoms with Gasteiger partial charge < -0.3 is 19.6 Å². The van der Waals surface area contributed by atoms with Crippen molar-refractivity contribution in [3.05, 3.63) is 28.2 Å². The Kier molecular flexibility index (Phi) is 6.95. The van der Waals surface area contributed by atoms with Gasteiger partial charge in [-0.15, -0.1) is 0 Å². The smallest absolute Gasteiger partial charge is 0.306 e. The number of aliphatic carboxylic acids is 1. The van der Waals surface area contributed by atoms with Crippen molar-refractivity contribution in [2.24, 2.45) is 0 Å². The lowest BCUT2D eigenvalue weighted by molar-refractivity contribution is -0.143. The summed E-state index contributed by atoms with van der Waals surface area (Å²) in [6.45, 7) is 2.60. The number of fused-ring (bicyclic) bond motifs is 1. The molecule has 0 aliphatic carbocycles. The van der Waals surface area contributed by atoms with Crippen molar-refractivity contribution < 1.29 is 24.2 Å². The van der Waals surface area contributed by atoms with Crippen molar-refractivity contribution in [3.63, 3.8) is 0 Å². The highest BCUT2D eigenvalue weighted by molar-refractivity contribution is 9.10. The Bertz CT molecular complexity index is 652. The van der Waals surface area contributed by atoms with Crippen molar-refractivity contribution in [1.29, 1.82) is 0 Å². The van der Waals surface area contributed by atoms with E-state index in [1.165, 1.54) is 0 Å². The van der Waals surface area contributed by atoms with Crippen LogP contribution in [0, 0.1) is 0 Å². The van der Waals surface area contributed by atoms with Gasteiger partial charge in [0, 0.05) is 23.4 Å². The summed E-state index contributed by atoms with van der Waals surface area (Å²) >= 11 is 3.44. The van der Waals surface area contributed by atoms with Crippen LogP contribution in [0.5, 0.6) is 0 Å². The van der Waals surface area contributed by atoms with Gasteiger partial charge in [-0.05, 0) is 37.1 Å². The number of hydrogen-bond donors (Lipinski definition) is 2. The molecule has 136 valence electrons. The number of carbonyl (C=O) groups excluding carboxylic acids is 2. The third kappa shape index (κ3) is 5.27. The fourth-order valence-electron chi connectivity index (χ4n) is 2.88. The molecule has 2 N–H and O–H groups in total. The summed E-state index contributed by atoms with van der Waals surface area (Å²) < 4.78 is 5.94. The Morgan fingerprint density at radius 1 is 1.52 bits per heavy atom. The molecular weight excluding hydrogens is 392 g/mol. The molecule has 0 spiro atoms. The number of carboxylic acid groups (broad SMARTS) is 1. The number of nitrogens with zero attached hydrogens (tertiary/aromatic N) is 1. The number of rotatable bonds is 9. The lowest BCUT2D eigenvalue weighted by Crippen LogP contribution is -2.45. The summed E-state index contributed by atoms with van der Waals surface area (Å²) in [6, 6.07) is 5.13. The molecule has 0 bridgehead atoms. The van der Waals surface area contributed by atoms with E-state index in [1.54, 1.807) is 6.92 Å². The molecule has 25 heavy (non-hydrogen) atoms. The highest BCUT2D eigenvalue weighted by Crippen LogP contribution is 2.39. The Labute approximate surface area is 154 Å². The average Bonchev–Trinajstić information content (AvgIpc) is 2.88. The summed E-state index contributed by atoms with van der Waals surface area (Å²) in [7, 11) is 0. The van der Waals surface area contributed by atoms with Crippen LogP contribution in [-0.4, -0.2) is 42.5 Å². The van der Waals surface area contributed by atoms with E-state index >= 15 is 0 Å². The molecule has 1 aromatic carbocycles. The second-order valence-corrected chi connectivity index (χ2v) is 6.74. The molecule has 0 radical (unpaired) electrons. The zero-order valence-electron chi connectivity index (χ0n) is 13.9. The third-order valence-corrected chi connectivity index (χ3v) is 4.49. The van der Waals surface area contributed by atoms with E-state index in [2.05, 4.69) is 21.4 Å². The number of carboxylic acids is 1. The first-order valence-corrected chi connectivity index (χ1v) is 8.89. The SMILES string of the molecule is CCOC(=O)CC1CN(N[C@H](C=O)CCC(=O)O)c2ccc(Br)cc21. The molecule has 0 saturated carbocycles. The van der Waals surface area contributed by atoms with Gasteiger partial charge in [0.15, 0.2) is 0 Å². The van der Waals surface area contributed by atoms with E-state index in [9.17, 15) is 14.4 Å². The Balaban J connectivity index is 2.13. The zero-order chi connectivity index (χ0) is 18.4. The highest BCUT2D eigenvalue weighted by atomic mass is 79.9. The van der Waals surface area contributed by atoms with Crippen LogP contribution in [0.4, 0.5) is 5.69 Å². The lowest BCUT2D eigenvalue weighted by Gasteiger charge is -2.24. The predicted molar refractivity (Wildman–Crippen MR) is 95.3 cm³/mol. The predicted octanol–water partition coefficient (Wildman–Crippen LogP) is 2.24. The van der Waals surface area contributed by atoms with E-state index in [1.807, 2.05) is 23.2 Å². The molecule has 8 heteroatoms. The molecule has 0 saturated heterocycles. The largest absolute Gasteiger partial charge is 0.481 e. The number of anilines is 1. The van der Waals surface area contributed by atoms with Crippen molar-refractivity contribution in [1.82, 2.24) is 5.43 Å². The van der Waals surface area contributed by atoms with Crippen LogP contribution in [0.2, 0.25) is 0 Å². The van der Waals surface area contributed by atoms with Gasteiger partial charge in [0.25, 0.3) is 0 Å². The molecular formula is C17H21BrN2O5. The number of nitrogens with one attached hydrogen (secondary N) is 1. The first kappa shape index (κ1) is 19.4. The van der Waals surface area contributed by atoms with E-state index < -0.39 is 12.0 Å². The Morgan fingerprint density at radius 2 is 2.28 bits per heavy atom. The summed E-state index contributed by atoms with van der Waals surface area (Å²) in [6.07, 6.45) is 1.06. The van der Waals surface area contributed by atoms with Gasteiger partial charge in [0.1, 0.15) is 6.29 Å². The minimum absolute atomic E-state index is 0.0641. The van der Waals surface area contributed by atoms with Crippen LogP contribution in [0.1, 0.15) is 37.7 Å². The summed E-state index contributed by atoms with van der Waals surface area (Å²) in [5, 5.41) is 10.6. The molecule has 1 heterocycles. The van der Waals surface area contributed by atoms with Gasteiger partial charge in [-0.2, -0.15) is 0 Å². The van der Waals surface area contributed by atoms with Gasteiger partial charge >= 0.3 is 11.9 Å². The minimum Gasteiger partial charge on any atom is -0.481 e. The van der Waals surface area contributed by atoms with Crippen molar-refractivity contribution in [3.8, 4) is 0 Å². The number of ether oxygens (including phenoxy) is 1. The molecule has 1 aromatic rings. The van der Waals surface area contributed by atoms with Crippen molar-refractivity contribution >= 4 is 39.8 Å². The number of hydrogen-bond acceptors (Lipinski definition) is 6. The molecule has 1 unspecified atom stereocenters. The van der Waals surface area contributed by atoms with Crippen LogP contribution in [0.15, 0.2) is 22.7 Å². The van der Waals surface area contributed by atoms with Gasteiger partial charge in [-0.25, -0.2) is 5.43 Å². The van der Waals surface area contributed by atoms with Gasteiger partial charge in [0.05, 0.1) is 24.8 Å². The Hall–Kier alpha value is -1.93. The van der Waals surface area contributed by atoms with Gasteiger partial charge in [-0.1, -0.05) is 15.9 Å². The van der Waals surface area contributed by atoms with Gasteiger partial charge in [-0.3, -0.25) is 9.59 Å². The summed E-state index contributed by atoms with van der Waals surface area (Å²) in [5.41, 5.74) is 4.93. The average molecular weight is 413 g/mol. The van der Waals surface area contributed by atoms with E-state index in [0.717, 1.165) is 15.7 Å². The minimum atomic E-state index is -0.945. The first-order valence-electron chi connectivity index (χ1n) is 8.10. The number of benzene rings is 1. The van der Waals surface area contributed by atoms with Crippen molar-refractivity contribution in [2.45, 2.75) is 38.1 Å². The summed E-state index contributed by atoms with van der Waals surface area (Å²) in [4.78, 5) is 33.8. The lowest BCUT2D eigenvalue weighted by atomic mass is 9.98. The molecule has 0 amide bonds. The molecule has 7 nitrogen and oxygen atoms in total. The molecule has 2 rings (SSSR count). The standard InChI is InChI=1S/C17H21BrN2O5/c1-2-25-17(24)7-11-9-20(15-5-3-12(18)8-14(11)15)19-13(10-21)4-6-16(22)23/h3,5,8,10-11,13,19H,2,4,6-7,9H2,1H3,(H,22,23)/t11?,13-/m0/s1. The van der Waals surface area contributed by atoms with Crippen LogP contribution < -0.4 is 10.4 Å². The fraction of sp³-hybridized carbons (Fsp3) is 0.471. The van der Waals surface area contributed by atoms with E-state index in [4.69, 9.17) is 9.84 Å². The highest BCUT2D eigenvalue weighted by Gasteiger charge is 2.32. The van der Waals surface area contributed by atoms with Crippen molar-refractivity contribution in [2.75, 3.05) is 18.2 Å². The second kappa shape index (κ2) is 8.96. The number of halogens is 1. The maximum absolute atomic E-state index is 11.9. The number of hydrazine groups is 1.